The molecule has 3 nitrogen and oxygen atoms in total. The van der Waals surface area contributed by atoms with Gasteiger partial charge in [0.05, 0.1) is 22.8 Å². The molecule has 0 spiro atoms. The lowest BCUT2D eigenvalue weighted by Gasteiger charge is -2.19. The third-order valence-electron chi connectivity index (χ3n) is 3.36. The maximum atomic E-state index is 13.0. The van der Waals surface area contributed by atoms with Crippen molar-refractivity contribution in [1.29, 1.82) is 0 Å². The molecule has 0 bridgehead atoms. The predicted molar refractivity (Wildman–Crippen MR) is 92.9 cm³/mol. The second-order valence-corrected chi connectivity index (χ2v) is 6.35. The molecule has 0 saturated heterocycles. The van der Waals surface area contributed by atoms with Crippen molar-refractivity contribution in [2.24, 2.45) is 0 Å². The average molecular weight is 391 g/mol. The summed E-state index contributed by atoms with van der Waals surface area (Å²) in [4.78, 5) is 13.8. The number of hydrogen-bond donors (Lipinski definition) is 1. The van der Waals surface area contributed by atoms with Crippen LogP contribution in [0, 0.1) is 0 Å². The molecule has 25 heavy (non-hydrogen) atoms. The molecule has 1 amide bonds. The predicted octanol–water partition coefficient (Wildman–Crippen LogP) is 5.08. The Morgan fingerprint density at radius 3 is 2.36 bits per heavy atom. The normalized spacial score (nSPS) is 11.6. The Bertz CT molecular complexity index is 749. The van der Waals surface area contributed by atoms with E-state index in [-0.39, 0.29) is 11.6 Å². The zero-order valence-electron chi connectivity index (χ0n) is 13.2. The van der Waals surface area contributed by atoms with Gasteiger partial charge in [0.1, 0.15) is 0 Å². The standard InChI is InChI=1S/C17H15Cl2F3N2O/c1-24(9-11-5-7-12(18)8-6-11)10-15(25)23-16-13(17(20,21)22)3-2-4-14(16)19/h2-8H,9-10H2,1H3,(H,23,25). The van der Waals surface area contributed by atoms with Crippen LogP contribution in [0.5, 0.6) is 0 Å². The number of anilines is 1. The van der Waals surface area contributed by atoms with Crippen molar-refractivity contribution < 1.29 is 18.0 Å². The summed E-state index contributed by atoms with van der Waals surface area (Å²) in [6.45, 7) is 0.352. The molecule has 2 rings (SSSR count). The van der Waals surface area contributed by atoms with Gasteiger partial charge in [-0.15, -0.1) is 0 Å². The van der Waals surface area contributed by atoms with Gasteiger partial charge in [-0.25, -0.2) is 0 Å². The molecule has 0 fully saturated rings. The molecule has 0 unspecified atom stereocenters. The molecule has 2 aromatic carbocycles. The summed E-state index contributed by atoms with van der Waals surface area (Å²) in [6.07, 6.45) is -4.61. The molecular formula is C17H15Cl2F3N2O. The van der Waals surface area contributed by atoms with Crippen molar-refractivity contribution in [3.8, 4) is 0 Å². The van der Waals surface area contributed by atoms with E-state index in [1.54, 1.807) is 24.1 Å². The lowest BCUT2D eigenvalue weighted by Crippen LogP contribution is -2.30. The van der Waals surface area contributed by atoms with E-state index in [0.29, 0.717) is 11.6 Å². The van der Waals surface area contributed by atoms with Gasteiger partial charge in [0.25, 0.3) is 0 Å². The first-order chi connectivity index (χ1) is 11.7. The van der Waals surface area contributed by atoms with Gasteiger partial charge >= 0.3 is 6.18 Å². The SMILES string of the molecule is CN(CC(=O)Nc1c(Cl)cccc1C(F)(F)F)Cc1ccc(Cl)cc1. The molecule has 2 aromatic rings. The number of alkyl halides is 3. The number of likely N-dealkylation sites (N-methyl/N-ethyl adjacent to an activating group) is 1. The summed E-state index contributed by atoms with van der Waals surface area (Å²) in [7, 11) is 1.69. The van der Waals surface area contributed by atoms with Gasteiger partial charge in [0.2, 0.25) is 5.91 Å². The Morgan fingerprint density at radius 1 is 1.12 bits per heavy atom. The van der Waals surface area contributed by atoms with Crippen LogP contribution in [0.25, 0.3) is 0 Å². The van der Waals surface area contributed by atoms with Crippen molar-refractivity contribution in [2.45, 2.75) is 12.7 Å². The molecule has 134 valence electrons. The molecule has 8 heteroatoms. The number of amides is 1. The highest BCUT2D eigenvalue weighted by Crippen LogP contribution is 2.38. The number of benzene rings is 2. The van der Waals surface area contributed by atoms with Crippen molar-refractivity contribution in [1.82, 2.24) is 4.90 Å². The summed E-state index contributed by atoms with van der Waals surface area (Å²) in [5.41, 5.74) is -0.483. The van der Waals surface area contributed by atoms with Gasteiger partial charge in [-0.3, -0.25) is 9.69 Å². The first-order valence-corrected chi connectivity index (χ1v) is 8.01. The maximum Gasteiger partial charge on any atom is 0.418 e. The van der Waals surface area contributed by atoms with Gasteiger partial charge in [-0.2, -0.15) is 13.2 Å². The third kappa shape index (κ3) is 5.63. The Morgan fingerprint density at radius 2 is 1.76 bits per heavy atom. The molecule has 0 radical (unpaired) electrons. The van der Waals surface area contributed by atoms with E-state index in [0.717, 1.165) is 11.6 Å². The fourth-order valence-electron chi connectivity index (χ4n) is 2.27. The number of carbonyl (C=O) groups excluding carboxylic acids is 1. The van der Waals surface area contributed by atoms with E-state index < -0.39 is 23.3 Å². The molecule has 0 aliphatic carbocycles. The van der Waals surface area contributed by atoms with Crippen molar-refractivity contribution in [2.75, 3.05) is 18.9 Å². The number of hydrogen-bond acceptors (Lipinski definition) is 2. The van der Waals surface area contributed by atoms with Crippen LogP contribution in [-0.4, -0.2) is 24.4 Å². The second-order valence-electron chi connectivity index (χ2n) is 5.51. The fraction of sp³-hybridized carbons (Fsp3) is 0.235. The summed E-state index contributed by atoms with van der Waals surface area (Å²) >= 11 is 11.6. The summed E-state index contributed by atoms with van der Waals surface area (Å²) < 4.78 is 39.1. The van der Waals surface area contributed by atoms with Crippen LogP contribution in [0.2, 0.25) is 10.0 Å². The van der Waals surface area contributed by atoms with Crippen LogP contribution in [-0.2, 0) is 17.5 Å². The van der Waals surface area contributed by atoms with Crippen molar-refractivity contribution in [3.05, 3.63) is 63.6 Å². The highest BCUT2D eigenvalue weighted by atomic mass is 35.5. The quantitative estimate of drug-likeness (QED) is 0.771. The van der Waals surface area contributed by atoms with Crippen LogP contribution in [0.3, 0.4) is 0 Å². The van der Waals surface area contributed by atoms with Crippen LogP contribution in [0.4, 0.5) is 18.9 Å². The Hall–Kier alpha value is -1.76. The number of nitrogens with one attached hydrogen (secondary N) is 1. The average Bonchev–Trinajstić information content (AvgIpc) is 2.50. The second kappa shape index (κ2) is 8.08. The Kier molecular flexibility index (Phi) is 6.32. The first kappa shape index (κ1) is 19.6. The zero-order chi connectivity index (χ0) is 18.6. The van der Waals surface area contributed by atoms with Crippen molar-refractivity contribution in [3.63, 3.8) is 0 Å². The minimum Gasteiger partial charge on any atom is -0.323 e. The lowest BCUT2D eigenvalue weighted by molar-refractivity contribution is -0.137. The zero-order valence-corrected chi connectivity index (χ0v) is 14.7. The molecule has 0 saturated carbocycles. The summed E-state index contributed by atoms with van der Waals surface area (Å²) in [5.74, 6) is -0.588. The van der Waals surface area contributed by atoms with Gasteiger partial charge in [0, 0.05) is 11.6 Å². The Labute approximate surface area is 153 Å². The van der Waals surface area contributed by atoms with Crippen LogP contribution >= 0.6 is 23.2 Å². The van der Waals surface area contributed by atoms with E-state index in [1.807, 2.05) is 12.1 Å². The fourth-order valence-corrected chi connectivity index (χ4v) is 2.62. The maximum absolute atomic E-state index is 13.0. The molecular weight excluding hydrogens is 376 g/mol. The summed E-state index contributed by atoms with van der Waals surface area (Å²) in [6, 6.07) is 10.4. The first-order valence-electron chi connectivity index (χ1n) is 7.25. The smallest absolute Gasteiger partial charge is 0.323 e. The van der Waals surface area contributed by atoms with Gasteiger partial charge in [-0.1, -0.05) is 41.4 Å². The van der Waals surface area contributed by atoms with Gasteiger partial charge in [-0.05, 0) is 36.9 Å². The Balaban J connectivity index is 2.04. The topological polar surface area (TPSA) is 32.3 Å². The van der Waals surface area contributed by atoms with E-state index >= 15 is 0 Å². The molecule has 0 aromatic heterocycles. The van der Waals surface area contributed by atoms with E-state index in [4.69, 9.17) is 23.2 Å². The highest BCUT2D eigenvalue weighted by Gasteiger charge is 2.34. The number of nitrogens with zero attached hydrogens (tertiary/aromatic N) is 1. The lowest BCUT2D eigenvalue weighted by atomic mass is 10.1. The molecule has 0 aliphatic heterocycles. The van der Waals surface area contributed by atoms with Crippen LogP contribution < -0.4 is 5.32 Å². The number of rotatable bonds is 5. The van der Waals surface area contributed by atoms with Crippen LogP contribution in [0.1, 0.15) is 11.1 Å². The van der Waals surface area contributed by atoms with Crippen molar-refractivity contribution >= 4 is 34.8 Å². The monoisotopic (exact) mass is 390 g/mol. The molecule has 1 N–H and O–H groups in total. The number of halogens is 5. The number of para-hydroxylation sites is 1. The molecule has 0 heterocycles. The largest absolute Gasteiger partial charge is 0.418 e. The van der Waals surface area contributed by atoms with Gasteiger partial charge < -0.3 is 5.32 Å². The van der Waals surface area contributed by atoms with E-state index in [1.165, 1.54) is 12.1 Å². The number of carbonyl (C=O) groups is 1. The van der Waals surface area contributed by atoms with Crippen LogP contribution in [0.15, 0.2) is 42.5 Å². The summed E-state index contributed by atoms with van der Waals surface area (Å²) in [5, 5.41) is 2.69. The third-order valence-corrected chi connectivity index (χ3v) is 3.93. The van der Waals surface area contributed by atoms with Gasteiger partial charge in [0.15, 0.2) is 0 Å². The molecule has 0 atom stereocenters. The van der Waals surface area contributed by atoms with E-state index in [2.05, 4.69) is 5.32 Å². The molecule has 0 aliphatic rings. The minimum atomic E-state index is -4.61. The minimum absolute atomic E-state index is 0.0921. The van der Waals surface area contributed by atoms with E-state index in [9.17, 15) is 18.0 Å². The highest BCUT2D eigenvalue weighted by molar-refractivity contribution is 6.34.